The molecule has 1 aliphatic rings. The number of nitro groups is 1. The fourth-order valence-electron chi connectivity index (χ4n) is 3.84. The molecule has 1 heterocycles. The maximum absolute atomic E-state index is 13.4. The lowest BCUT2D eigenvalue weighted by Gasteiger charge is -2.14. The van der Waals surface area contributed by atoms with Crippen LogP contribution in [0.2, 0.25) is 5.02 Å². The van der Waals surface area contributed by atoms with Crippen molar-refractivity contribution in [3.05, 3.63) is 116 Å². The van der Waals surface area contributed by atoms with Gasteiger partial charge in [-0.15, -0.1) is 0 Å². The Morgan fingerprint density at radius 1 is 1.00 bits per heavy atom. The molecule has 1 amide bonds. The quantitative estimate of drug-likeness (QED) is 0.112. The minimum Gasteiger partial charge on any atom is -0.488 e. The van der Waals surface area contributed by atoms with E-state index in [0.717, 1.165) is 21.9 Å². The van der Waals surface area contributed by atoms with Crippen LogP contribution >= 0.6 is 35.6 Å². The van der Waals surface area contributed by atoms with Crippen LogP contribution in [0.3, 0.4) is 0 Å². The van der Waals surface area contributed by atoms with Crippen molar-refractivity contribution in [2.24, 2.45) is 0 Å². The van der Waals surface area contributed by atoms with E-state index in [1.54, 1.807) is 6.08 Å². The maximum atomic E-state index is 13.4. The first kappa shape index (κ1) is 24.0. The third-order valence-corrected chi connectivity index (χ3v) is 7.18. The van der Waals surface area contributed by atoms with Gasteiger partial charge in [0.05, 0.1) is 15.5 Å². The third-order valence-electron chi connectivity index (χ3n) is 5.63. The molecule has 0 radical (unpaired) electrons. The molecule has 0 unspecified atom stereocenters. The summed E-state index contributed by atoms with van der Waals surface area (Å²) in [5, 5.41) is 13.6. The predicted molar refractivity (Wildman–Crippen MR) is 148 cm³/mol. The molecule has 178 valence electrons. The molecule has 0 bridgehead atoms. The molecule has 0 saturated carbocycles. The molecular formula is C27H17ClN2O4S2. The second-order valence-electron chi connectivity index (χ2n) is 7.90. The molecule has 1 aliphatic heterocycles. The van der Waals surface area contributed by atoms with Gasteiger partial charge in [-0.3, -0.25) is 19.8 Å². The van der Waals surface area contributed by atoms with Crippen molar-refractivity contribution in [1.29, 1.82) is 0 Å². The monoisotopic (exact) mass is 532 g/mol. The molecule has 4 aromatic carbocycles. The van der Waals surface area contributed by atoms with Gasteiger partial charge in [-0.25, -0.2) is 0 Å². The zero-order chi connectivity index (χ0) is 25.2. The van der Waals surface area contributed by atoms with Crippen LogP contribution < -0.4 is 9.64 Å². The standard InChI is InChI=1S/C27H17ClN2O4S2/c28-19-8-5-17(6-9-19)16-34-24-14-7-18-3-1-2-4-22(18)23(24)15-25-26(31)29(27(35)36-25)20-10-12-21(13-11-20)30(32)33/h1-15H,16H2/b25-15-. The summed E-state index contributed by atoms with van der Waals surface area (Å²) >= 11 is 12.7. The van der Waals surface area contributed by atoms with Crippen molar-refractivity contribution in [1.82, 2.24) is 0 Å². The Morgan fingerprint density at radius 3 is 2.44 bits per heavy atom. The van der Waals surface area contributed by atoms with Gasteiger partial charge in [-0.1, -0.05) is 78.0 Å². The summed E-state index contributed by atoms with van der Waals surface area (Å²) in [4.78, 5) is 25.7. The van der Waals surface area contributed by atoms with Gasteiger partial charge in [0.1, 0.15) is 12.4 Å². The summed E-state index contributed by atoms with van der Waals surface area (Å²) in [5.74, 6) is 0.333. The van der Waals surface area contributed by atoms with E-state index < -0.39 is 4.92 Å². The van der Waals surface area contributed by atoms with E-state index in [2.05, 4.69) is 0 Å². The highest BCUT2D eigenvalue weighted by atomic mass is 35.5. The van der Waals surface area contributed by atoms with Crippen molar-refractivity contribution in [2.75, 3.05) is 4.90 Å². The van der Waals surface area contributed by atoms with Crippen LogP contribution in [-0.4, -0.2) is 15.2 Å². The Bertz CT molecular complexity index is 1540. The SMILES string of the molecule is O=C1/C(=C/c2c(OCc3ccc(Cl)cc3)ccc3ccccc23)SC(=S)N1c1ccc([N+](=O)[O-])cc1. The number of anilines is 1. The minimum atomic E-state index is -0.486. The number of ether oxygens (including phenoxy) is 1. The highest BCUT2D eigenvalue weighted by molar-refractivity contribution is 8.27. The van der Waals surface area contributed by atoms with Gasteiger partial charge in [0.15, 0.2) is 4.32 Å². The number of amides is 1. The van der Waals surface area contributed by atoms with E-state index in [9.17, 15) is 14.9 Å². The van der Waals surface area contributed by atoms with Crippen molar-refractivity contribution in [2.45, 2.75) is 6.61 Å². The zero-order valence-electron chi connectivity index (χ0n) is 18.6. The molecule has 0 spiro atoms. The first-order chi connectivity index (χ1) is 17.4. The number of thioether (sulfide) groups is 1. The molecule has 5 rings (SSSR count). The average molecular weight is 533 g/mol. The Hall–Kier alpha value is -3.72. The van der Waals surface area contributed by atoms with Crippen molar-refractivity contribution in [3.63, 3.8) is 0 Å². The average Bonchev–Trinajstić information content (AvgIpc) is 3.17. The van der Waals surface area contributed by atoms with E-state index in [0.29, 0.717) is 32.3 Å². The first-order valence-electron chi connectivity index (χ1n) is 10.8. The lowest BCUT2D eigenvalue weighted by Crippen LogP contribution is -2.27. The lowest BCUT2D eigenvalue weighted by atomic mass is 10.0. The number of nitrogens with zero attached hydrogens (tertiary/aromatic N) is 2. The Balaban J connectivity index is 1.50. The largest absolute Gasteiger partial charge is 0.488 e. The van der Waals surface area contributed by atoms with Crippen LogP contribution in [0.5, 0.6) is 5.75 Å². The number of benzene rings is 4. The number of carbonyl (C=O) groups is 1. The molecule has 4 aromatic rings. The number of fused-ring (bicyclic) bond motifs is 1. The highest BCUT2D eigenvalue weighted by Gasteiger charge is 2.34. The summed E-state index contributed by atoms with van der Waals surface area (Å²) < 4.78 is 6.52. The molecule has 36 heavy (non-hydrogen) atoms. The van der Waals surface area contributed by atoms with E-state index in [4.69, 9.17) is 28.6 Å². The van der Waals surface area contributed by atoms with Crippen molar-refractivity contribution in [3.8, 4) is 5.75 Å². The molecular weight excluding hydrogens is 516 g/mol. The Labute approximate surface area is 221 Å². The summed E-state index contributed by atoms with van der Waals surface area (Å²) in [6.45, 7) is 0.333. The van der Waals surface area contributed by atoms with E-state index >= 15 is 0 Å². The van der Waals surface area contributed by atoms with E-state index in [-0.39, 0.29) is 11.6 Å². The molecule has 6 nitrogen and oxygen atoms in total. The predicted octanol–water partition coefficient (Wildman–Crippen LogP) is 7.39. The fraction of sp³-hybridized carbons (Fsp3) is 0.0370. The van der Waals surface area contributed by atoms with Crippen LogP contribution in [0.1, 0.15) is 11.1 Å². The molecule has 1 fully saturated rings. The number of carbonyl (C=O) groups excluding carboxylic acids is 1. The Morgan fingerprint density at radius 2 is 1.72 bits per heavy atom. The van der Waals surface area contributed by atoms with Crippen molar-refractivity contribution < 1.29 is 14.5 Å². The number of rotatable bonds is 6. The second-order valence-corrected chi connectivity index (χ2v) is 10.0. The van der Waals surface area contributed by atoms with Gasteiger partial charge >= 0.3 is 0 Å². The second kappa shape index (κ2) is 10.1. The van der Waals surface area contributed by atoms with Crippen LogP contribution in [0, 0.1) is 10.1 Å². The molecule has 0 N–H and O–H groups in total. The normalized spacial score (nSPS) is 14.6. The van der Waals surface area contributed by atoms with Gasteiger partial charge in [0.2, 0.25) is 0 Å². The topological polar surface area (TPSA) is 72.7 Å². The number of thiocarbonyl (C=S) groups is 1. The summed E-state index contributed by atoms with van der Waals surface area (Å²) in [6.07, 6.45) is 1.80. The van der Waals surface area contributed by atoms with Crippen LogP contribution in [-0.2, 0) is 11.4 Å². The van der Waals surface area contributed by atoms with Gasteiger partial charge in [0, 0.05) is 22.7 Å². The number of hydrogen-bond donors (Lipinski definition) is 0. The van der Waals surface area contributed by atoms with Crippen molar-refractivity contribution >= 4 is 74.0 Å². The fourth-order valence-corrected chi connectivity index (χ4v) is 5.24. The van der Waals surface area contributed by atoms with Gasteiger partial charge in [0.25, 0.3) is 11.6 Å². The van der Waals surface area contributed by atoms with Gasteiger partial charge < -0.3 is 4.74 Å². The maximum Gasteiger partial charge on any atom is 0.270 e. The molecule has 9 heteroatoms. The third kappa shape index (κ3) is 4.83. The molecule has 0 aromatic heterocycles. The lowest BCUT2D eigenvalue weighted by molar-refractivity contribution is -0.384. The highest BCUT2D eigenvalue weighted by Crippen LogP contribution is 2.39. The minimum absolute atomic E-state index is 0.0574. The molecule has 1 saturated heterocycles. The van der Waals surface area contributed by atoms with Crippen LogP contribution in [0.15, 0.2) is 89.8 Å². The summed E-state index contributed by atoms with van der Waals surface area (Å²) in [6, 6.07) is 24.9. The van der Waals surface area contributed by atoms with Gasteiger partial charge in [-0.2, -0.15) is 0 Å². The molecule has 0 aliphatic carbocycles. The number of nitro benzene ring substituents is 1. The number of halogens is 1. The van der Waals surface area contributed by atoms with E-state index in [1.807, 2.05) is 60.7 Å². The van der Waals surface area contributed by atoms with Gasteiger partial charge in [-0.05, 0) is 52.7 Å². The summed E-state index contributed by atoms with van der Waals surface area (Å²) in [7, 11) is 0. The number of non-ortho nitro benzene ring substituents is 1. The summed E-state index contributed by atoms with van der Waals surface area (Å²) in [5.41, 5.74) is 2.15. The zero-order valence-corrected chi connectivity index (χ0v) is 21.0. The molecule has 0 atom stereocenters. The Kier molecular flexibility index (Phi) is 6.73. The number of hydrogen-bond acceptors (Lipinski definition) is 6. The van der Waals surface area contributed by atoms with Crippen LogP contribution in [0.25, 0.3) is 16.8 Å². The smallest absolute Gasteiger partial charge is 0.270 e. The first-order valence-corrected chi connectivity index (χ1v) is 12.4. The van der Waals surface area contributed by atoms with E-state index in [1.165, 1.54) is 40.9 Å². The van der Waals surface area contributed by atoms with Crippen LogP contribution in [0.4, 0.5) is 11.4 Å².